The van der Waals surface area contributed by atoms with Crippen molar-refractivity contribution in [3.8, 4) is 5.75 Å². The maximum Gasteiger partial charge on any atom is 0.243 e. The van der Waals surface area contributed by atoms with E-state index in [9.17, 15) is 13.2 Å². The van der Waals surface area contributed by atoms with Crippen molar-refractivity contribution in [2.75, 3.05) is 43.5 Å². The molecule has 206 valence electrons. The molecule has 4 aromatic rings. The van der Waals surface area contributed by atoms with Crippen molar-refractivity contribution < 1.29 is 17.9 Å². The predicted octanol–water partition coefficient (Wildman–Crippen LogP) is 5.68. The highest BCUT2D eigenvalue weighted by Crippen LogP contribution is 2.36. The number of hydrogen-bond acceptors (Lipinski definition) is 6. The van der Waals surface area contributed by atoms with Crippen LogP contribution in [0, 0.1) is 0 Å². The van der Waals surface area contributed by atoms with E-state index in [1.165, 1.54) is 16.1 Å². The largest absolute Gasteiger partial charge is 0.495 e. The molecule has 0 spiro atoms. The first-order valence-electron chi connectivity index (χ1n) is 13.0. The minimum absolute atomic E-state index is 0.178. The smallest absolute Gasteiger partial charge is 0.243 e. The van der Waals surface area contributed by atoms with Gasteiger partial charge in [-0.1, -0.05) is 60.7 Å². The number of benzene rings is 4. The minimum atomic E-state index is -3.67. The summed E-state index contributed by atoms with van der Waals surface area (Å²) in [6, 6.07) is 33.5. The molecule has 1 unspecified atom stereocenters. The van der Waals surface area contributed by atoms with Gasteiger partial charge in [0, 0.05) is 36.8 Å². The second-order valence-corrected chi connectivity index (χ2v) is 12.4. The molecule has 1 atom stereocenters. The molecule has 1 aliphatic rings. The molecule has 0 aromatic heterocycles. The fourth-order valence-corrected chi connectivity index (χ4v) is 7.13. The van der Waals surface area contributed by atoms with E-state index in [2.05, 4.69) is 10.2 Å². The molecule has 1 aliphatic heterocycles. The summed E-state index contributed by atoms with van der Waals surface area (Å²) in [6.45, 7) is 1.87. The molecule has 0 aliphatic carbocycles. The predicted molar refractivity (Wildman–Crippen MR) is 161 cm³/mol. The molecule has 5 rings (SSSR count). The maximum atomic E-state index is 13.4. The van der Waals surface area contributed by atoms with Gasteiger partial charge in [0.1, 0.15) is 11.0 Å². The number of sulfonamides is 1. The lowest BCUT2D eigenvalue weighted by atomic mass is 10.1. The Morgan fingerprint density at radius 2 is 1.40 bits per heavy atom. The summed E-state index contributed by atoms with van der Waals surface area (Å²) >= 11 is 1.47. The van der Waals surface area contributed by atoms with Gasteiger partial charge in [-0.25, -0.2) is 8.42 Å². The highest BCUT2D eigenvalue weighted by Gasteiger charge is 2.29. The highest BCUT2D eigenvalue weighted by molar-refractivity contribution is 8.00. The molecular formula is C31H31N3O4S2. The van der Waals surface area contributed by atoms with Crippen LogP contribution in [0.25, 0.3) is 0 Å². The Morgan fingerprint density at radius 3 is 2.05 bits per heavy atom. The number of piperazine rings is 1. The third kappa shape index (κ3) is 6.33. The zero-order valence-corrected chi connectivity index (χ0v) is 23.8. The van der Waals surface area contributed by atoms with Gasteiger partial charge in [-0.05, 0) is 54.1 Å². The average Bonchev–Trinajstić information content (AvgIpc) is 3.01. The number of amides is 1. The standard InChI is InChI=1S/C31H31N3O4S2/c1-38-29-15-9-8-14-28(29)33-20-22-34(23-21-33)40(36,37)27-18-16-25(17-19-27)32-31(35)30(24-10-4-2-5-11-24)39-26-12-6-3-7-13-26/h2-19,30H,20-23H2,1H3,(H,32,35). The van der Waals surface area contributed by atoms with Gasteiger partial charge in [0.05, 0.1) is 17.7 Å². The Labute approximate surface area is 239 Å². The second kappa shape index (κ2) is 12.6. The van der Waals surface area contributed by atoms with Gasteiger partial charge < -0.3 is 15.0 Å². The van der Waals surface area contributed by atoms with E-state index in [1.54, 1.807) is 31.4 Å². The monoisotopic (exact) mass is 573 g/mol. The zero-order valence-electron chi connectivity index (χ0n) is 22.1. The van der Waals surface area contributed by atoms with Crippen LogP contribution in [0.1, 0.15) is 10.8 Å². The van der Waals surface area contributed by atoms with Crippen LogP contribution in [0.4, 0.5) is 11.4 Å². The lowest BCUT2D eigenvalue weighted by molar-refractivity contribution is -0.115. The number of methoxy groups -OCH3 is 1. The average molecular weight is 574 g/mol. The van der Waals surface area contributed by atoms with Crippen molar-refractivity contribution in [3.05, 3.63) is 115 Å². The number of ether oxygens (including phenoxy) is 1. The van der Waals surface area contributed by atoms with Crippen LogP contribution in [0.5, 0.6) is 5.75 Å². The number of carbonyl (C=O) groups excluding carboxylic acids is 1. The number of hydrogen-bond donors (Lipinski definition) is 1. The number of rotatable bonds is 9. The van der Waals surface area contributed by atoms with Crippen molar-refractivity contribution in [1.82, 2.24) is 4.31 Å². The molecular weight excluding hydrogens is 542 g/mol. The molecule has 1 amide bonds. The molecule has 1 fully saturated rings. The summed E-state index contributed by atoms with van der Waals surface area (Å²) in [5.41, 5.74) is 2.39. The van der Waals surface area contributed by atoms with Gasteiger partial charge in [0.15, 0.2) is 0 Å². The van der Waals surface area contributed by atoms with Crippen LogP contribution in [-0.2, 0) is 14.8 Å². The molecule has 1 saturated heterocycles. The summed E-state index contributed by atoms with van der Waals surface area (Å²) in [6.07, 6.45) is 0. The summed E-state index contributed by atoms with van der Waals surface area (Å²) in [7, 11) is -2.04. The van der Waals surface area contributed by atoms with Gasteiger partial charge >= 0.3 is 0 Å². The van der Waals surface area contributed by atoms with Crippen LogP contribution in [0.15, 0.2) is 119 Å². The fraction of sp³-hybridized carbons (Fsp3) is 0.194. The van der Waals surface area contributed by atoms with Crippen LogP contribution < -0.4 is 15.0 Å². The van der Waals surface area contributed by atoms with Crippen molar-refractivity contribution in [1.29, 1.82) is 0 Å². The second-order valence-electron chi connectivity index (χ2n) is 9.30. The SMILES string of the molecule is COc1ccccc1N1CCN(S(=O)(=O)c2ccc(NC(=O)C(Sc3ccccc3)c3ccccc3)cc2)CC1. The van der Waals surface area contributed by atoms with E-state index in [0.717, 1.165) is 21.9 Å². The highest BCUT2D eigenvalue weighted by atomic mass is 32.2. The molecule has 1 heterocycles. The Bertz CT molecular complexity index is 1520. The Balaban J connectivity index is 1.25. The van der Waals surface area contributed by atoms with Crippen molar-refractivity contribution in [3.63, 3.8) is 0 Å². The van der Waals surface area contributed by atoms with Crippen LogP contribution in [0.2, 0.25) is 0 Å². The summed E-state index contributed by atoms with van der Waals surface area (Å²) in [4.78, 5) is 16.7. The number of thioether (sulfide) groups is 1. The fourth-order valence-electron chi connectivity index (χ4n) is 4.66. The van der Waals surface area contributed by atoms with Gasteiger partial charge in [0.2, 0.25) is 15.9 Å². The molecule has 7 nitrogen and oxygen atoms in total. The van der Waals surface area contributed by atoms with Crippen LogP contribution >= 0.6 is 11.8 Å². The molecule has 0 bridgehead atoms. The van der Waals surface area contributed by atoms with Gasteiger partial charge in [0.25, 0.3) is 0 Å². The van der Waals surface area contributed by atoms with Crippen molar-refractivity contribution in [2.45, 2.75) is 15.0 Å². The first kappa shape index (κ1) is 27.8. The topological polar surface area (TPSA) is 79.0 Å². The molecule has 40 heavy (non-hydrogen) atoms. The van der Waals surface area contributed by atoms with Crippen molar-refractivity contribution >= 4 is 39.1 Å². The lowest BCUT2D eigenvalue weighted by Gasteiger charge is -2.35. The normalized spacial score (nSPS) is 14.9. The summed E-state index contributed by atoms with van der Waals surface area (Å²) in [5.74, 6) is 0.594. The summed E-state index contributed by atoms with van der Waals surface area (Å²) in [5, 5.41) is 2.50. The van der Waals surface area contributed by atoms with Gasteiger partial charge in [-0.15, -0.1) is 11.8 Å². The number of nitrogens with zero attached hydrogens (tertiary/aromatic N) is 2. The third-order valence-corrected chi connectivity index (χ3v) is 9.94. The van der Waals surface area contributed by atoms with Crippen LogP contribution in [-0.4, -0.2) is 51.9 Å². The Kier molecular flexibility index (Phi) is 8.74. The van der Waals surface area contributed by atoms with Crippen molar-refractivity contribution in [2.24, 2.45) is 0 Å². The molecule has 9 heteroatoms. The zero-order chi connectivity index (χ0) is 28.0. The van der Waals surface area contributed by atoms with Crippen LogP contribution in [0.3, 0.4) is 0 Å². The molecule has 0 saturated carbocycles. The number of anilines is 2. The summed E-state index contributed by atoms with van der Waals surface area (Å²) < 4.78 is 33.7. The lowest BCUT2D eigenvalue weighted by Crippen LogP contribution is -2.48. The van der Waals surface area contributed by atoms with E-state index in [-0.39, 0.29) is 10.8 Å². The van der Waals surface area contributed by atoms with E-state index in [1.807, 2.05) is 84.9 Å². The number of para-hydroxylation sites is 2. The Morgan fingerprint density at radius 1 is 0.800 bits per heavy atom. The third-order valence-electron chi connectivity index (χ3n) is 6.76. The number of nitrogens with one attached hydrogen (secondary N) is 1. The maximum absolute atomic E-state index is 13.4. The first-order valence-corrected chi connectivity index (χ1v) is 15.3. The number of carbonyl (C=O) groups is 1. The Hall–Kier alpha value is -3.79. The molecule has 1 N–H and O–H groups in total. The molecule has 4 aromatic carbocycles. The first-order chi connectivity index (χ1) is 19.5. The molecule has 0 radical (unpaired) electrons. The minimum Gasteiger partial charge on any atom is -0.495 e. The van der Waals surface area contributed by atoms with E-state index in [0.29, 0.717) is 31.9 Å². The van der Waals surface area contributed by atoms with E-state index >= 15 is 0 Å². The quantitative estimate of drug-likeness (QED) is 0.260. The van der Waals surface area contributed by atoms with E-state index < -0.39 is 15.3 Å². The van der Waals surface area contributed by atoms with Gasteiger partial charge in [-0.2, -0.15) is 4.31 Å². The van der Waals surface area contributed by atoms with E-state index in [4.69, 9.17) is 4.74 Å². The van der Waals surface area contributed by atoms with Gasteiger partial charge in [-0.3, -0.25) is 4.79 Å².